The molecule has 108 valence electrons. The Kier molecular flexibility index (Phi) is 6.23. The largest absolute Gasteiger partial charge is 0.458 e. The highest BCUT2D eigenvalue weighted by Gasteiger charge is 2.03. The van der Waals surface area contributed by atoms with Crippen LogP contribution in [0.3, 0.4) is 0 Å². The summed E-state index contributed by atoms with van der Waals surface area (Å²) in [7, 11) is 0. The molecule has 0 spiro atoms. The van der Waals surface area contributed by atoms with Crippen LogP contribution in [0.5, 0.6) is 0 Å². The first-order chi connectivity index (χ1) is 10.4. The van der Waals surface area contributed by atoms with Gasteiger partial charge in [0.1, 0.15) is 6.61 Å². The molecule has 0 aliphatic carbocycles. The van der Waals surface area contributed by atoms with E-state index >= 15 is 0 Å². The van der Waals surface area contributed by atoms with E-state index in [1.54, 1.807) is 18.2 Å². The van der Waals surface area contributed by atoms with Crippen molar-refractivity contribution in [2.24, 2.45) is 0 Å². The number of carbonyl (C=O) groups excluding carboxylic acids is 1. The molecule has 0 N–H and O–H groups in total. The van der Waals surface area contributed by atoms with E-state index < -0.39 is 0 Å². The summed E-state index contributed by atoms with van der Waals surface area (Å²) in [5.41, 5.74) is 1.70. The van der Waals surface area contributed by atoms with Gasteiger partial charge in [0.05, 0.1) is 18.8 Å². The fourth-order valence-corrected chi connectivity index (χ4v) is 1.74. The minimum atomic E-state index is -0.314. The van der Waals surface area contributed by atoms with Crippen molar-refractivity contribution in [1.29, 1.82) is 0 Å². The van der Waals surface area contributed by atoms with E-state index in [1.165, 1.54) is 0 Å². The summed E-state index contributed by atoms with van der Waals surface area (Å²) >= 11 is 0. The highest BCUT2D eigenvalue weighted by Crippen LogP contribution is 2.01. The molecule has 0 saturated heterocycles. The van der Waals surface area contributed by atoms with E-state index in [2.05, 4.69) is 0 Å². The van der Waals surface area contributed by atoms with Crippen LogP contribution in [0.2, 0.25) is 0 Å². The third kappa shape index (κ3) is 5.63. The van der Waals surface area contributed by atoms with Gasteiger partial charge in [-0.2, -0.15) is 0 Å². The van der Waals surface area contributed by atoms with Crippen LogP contribution in [0.25, 0.3) is 0 Å². The maximum Gasteiger partial charge on any atom is 0.338 e. The molecule has 3 nitrogen and oxygen atoms in total. The zero-order valence-corrected chi connectivity index (χ0v) is 11.8. The standard InChI is InChI=1S/C18H18O3/c19-18(17-11-5-2-6-12-17)21-14-8-7-13-20-15-16-9-3-1-4-10-16/h1-12H,13-15H2/b8-7+. The van der Waals surface area contributed by atoms with Gasteiger partial charge in [-0.3, -0.25) is 0 Å². The Morgan fingerprint density at radius 1 is 0.857 bits per heavy atom. The number of ether oxygens (including phenoxy) is 2. The van der Waals surface area contributed by atoms with Gasteiger partial charge in [-0.15, -0.1) is 0 Å². The van der Waals surface area contributed by atoms with Crippen molar-refractivity contribution >= 4 is 5.97 Å². The Morgan fingerprint density at radius 2 is 1.48 bits per heavy atom. The number of rotatable bonds is 7. The lowest BCUT2D eigenvalue weighted by molar-refractivity contribution is 0.0548. The average Bonchev–Trinajstić information content (AvgIpc) is 2.55. The fraction of sp³-hybridized carbons (Fsp3) is 0.167. The van der Waals surface area contributed by atoms with Crippen molar-refractivity contribution in [3.63, 3.8) is 0 Å². The molecule has 0 saturated carbocycles. The third-order valence-corrected chi connectivity index (χ3v) is 2.81. The lowest BCUT2D eigenvalue weighted by Gasteiger charge is -2.02. The molecule has 0 atom stereocenters. The van der Waals surface area contributed by atoms with Gasteiger partial charge in [-0.25, -0.2) is 4.79 Å². The molecule has 3 heteroatoms. The highest BCUT2D eigenvalue weighted by molar-refractivity contribution is 5.89. The number of carbonyl (C=O) groups is 1. The Morgan fingerprint density at radius 3 is 2.19 bits per heavy atom. The summed E-state index contributed by atoms with van der Waals surface area (Å²) in [6.07, 6.45) is 3.63. The zero-order chi connectivity index (χ0) is 14.8. The molecule has 0 bridgehead atoms. The summed E-state index contributed by atoms with van der Waals surface area (Å²) in [5, 5.41) is 0. The Labute approximate surface area is 124 Å². The Hall–Kier alpha value is -2.39. The van der Waals surface area contributed by atoms with Crippen molar-refractivity contribution in [3.05, 3.63) is 83.9 Å². The molecular formula is C18H18O3. The second-order valence-corrected chi connectivity index (χ2v) is 4.44. The van der Waals surface area contributed by atoms with E-state index in [1.807, 2.05) is 54.6 Å². The fourth-order valence-electron chi connectivity index (χ4n) is 1.74. The van der Waals surface area contributed by atoms with Gasteiger partial charge in [-0.1, -0.05) is 54.6 Å². The molecule has 0 radical (unpaired) electrons. The van der Waals surface area contributed by atoms with Crippen molar-refractivity contribution in [1.82, 2.24) is 0 Å². The van der Waals surface area contributed by atoms with Crippen molar-refractivity contribution < 1.29 is 14.3 Å². The van der Waals surface area contributed by atoms with Crippen LogP contribution in [0.15, 0.2) is 72.8 Å². The quantitative estimate of drug-likeness (QED) is 0.442. The molecule has 0 fully saturated rings. The SMILES string of the molecule is O=C(OC/C=C/COCc1ccccc1)c1ccccc1. The average molecular weight is 282 g/mol. The lowest BCUT2D eigenvalue weighted by atomic mass is 10.2. The summed E-state index contributed by atoms with van der Waals surface area (Å²) in [5.74, 6) is -0.314. The van der Waals surface area contributed by atoms with Crippen molar-refractivity contribution in [2.75, 3.05) is 13.2 Å². The number of esters is 1. The number of benzene rings is 2. The van der Waals surface area contributed by atoms with Crippen LogP contribution in [-0.2, 0) is 16.1 Å². The van der Waals surface area contributed by atoms with Crippen LogP contribution in [-0.4, -0.2) is 19.2 Å². The Balaban J connectivity index is 1.59. The normalized spacial score (nSPS) is 10.7. The van der Waals surface area contributed by atoms with E-state index in [0.29, 0.717) is 18.8 Å². The van der Waals surface area contributed by atoms with Crippen molar-refractivity contribution in [2.45, 2.75) is 6.61 Å². The summed E-state index contributed by atoms with van der Waals surface area (Å²) < 4.78 is 10.6. The second kappa shape index (κ2) is 8.72. The molecule has 0 aliphatic heterocycles. The van der Waals surface area contributed by atoms with Crippen LogP contribution < -0.4 is 0 Å². The van der Waals surface area contributed by atoms with Gasteiger partial charge in [0.25, 0.3) is 0 Å². The van der Waals surface area contributed by atoms with Gasteiger partial charge in [0.2, 0.25) is 0 Å². The van der Waals surface area contributed by atoms with E-state index in [9.17, 15) is 4.79 Å². The minimum Gasteiger partial charge on any atom is -0.458 e. The molecule has 21 heavy (non-hydrogen) atoms. The maximum atomic E-state index is 11.6. The van der Waals surface area contributed by atoms with Crippen LogP contribution in [0.4, 0.5) is 0 Å². The molecule has 0 aliphatic rings. The van der Waals surface area contributed by atoms with Gasteiger partial charge in [0.15, 0.2) is 0 Å². The van der Waals surface area contributed by atoms with Gasteiger partial charge < -0.3 is 9.47 Å². The highest BCUT2D eigenvalue weighted by atomic mass is 16.5. The number of hydrogen-bond acceptors (Lipinski definition) is 3. The predicted molar refractivity (Wildman–Crippen MR) is 82.0 cm³/mol. The van der Waals surface area contributed by atoms with Crippen molar-refractivity contribution in [3.8, 4) is 0 Å². The summed E-state index contributed by atoms with van der Waals surface area (Å²) in [6, 6.07) is 18.9. The molecule has 2 aromatic carbocycles. The maximum absolute atomic E-state index is 11.6. The van der Waals surface area contributed by atoms with E-state index in [4.69, 9.17) is 9.47 Å². The third-order valence-electron chi connectivity index (χ3n) is 2.81. The molecule has 2 aromatic rings. The van der Waals surface area contributed by atoms with Gasteiger partial charge in [0, 0.05) is 0 Å². The minimum absolute atomic E-state index is 0.252. The topological polar surface area (TPSA) is 35.5 Å². The number of hydrogen-bond donors (Lipinski definition) is 0. The first-order valence-corrected chi connectivity index (χ1v) is 6.85. The first-order valence-electron chi connectivity index (χ1n) is 6.85. The predicted octanol–water partition coefficient (Wildman–Crippen LogP) is 3.62. The zero-order valence-electron chi connectivity index (χ0n) is 11.8. The van der Waals surface area contributed by atoms with Gasteiger partial charge >= 0.3 is 5.97 Å². The second-order valence-electron chi connectivity index (χ2n) is 4.44. The molecule has 2 rings (SSSR count). The lowest BCUT2D eigenvalue weighted by Crippen LogP contribution is -2.04. The molecular weight excluding hydrogens is 264 g/mol. The molecule has 0 aromatic heterocycles. The van der Waals surface area contributed by atoms with Crippen LogP contribution >= 0.6 is 0 Å². The summed E-state index contributed by atoms with van der Waals surface area (Å²) in [6.45, 7) is 1.33. The van der Waals surface area contributed by atoms with E-state index in [0.717, 1.165) is 5.56 Å². The molecule has 0 heterocycles. The summed E-state index contributed by atoms with van der Waals surface area (Å²) in [4.78, 5) is 11.6. The smallest absolute Gasteiger partial charge is 0.338 e. The molecule has 0 unspecified atom stereocenters. The van der Waals surface area contributed by atoms with E-state index in [-0.39, 0.29) is 12.6 Å². The monoisotopic (exact) mass is 282 g/mol. The molecule has 0 amide bonds. The first kappa shape index (κ1) is 15.0. The Bertz CT molecular complexity index is 562. The van der Waals surface area contributed by atoms with Gasteiger partial charge in [-0.05, 0) is 23.8 Å². The van der Waals surface area contributed by atoms with Crippen LogP contribution in [0, 0.1) is 0 Å². The van der Waals surface area contributed by atoms with Crippen LogP contribution in [0.1, 0.15) is 15.9 Å².